The molecule has 2 unspecified atom stereocenters. The van der Waals surface area contributed by atoms with Gasteiger partial charge in [0.25, 0.3) is 0 Å². The van der Waals surface area contributed by atoms with E-state index in [2.05, 4.69) is 10.0 Å². The Labute approximate surface area is 104 Å². The molecule has 0 aromatic rings. The molecule has 1 aliphatic rings. The van der Waals surface area contributed by atoms with Gasteiger partial charge in [0.15, 0.2) is 0 Å². The van der Waals surface area contributed by atoms with Gasteiger partial charge in [-0.2, -0.15) is 0 Å². The minimum atomic E-state index is -3.22. The van der Waals surface area contributed by atoms with Crippen molar-refractivity contribution in [2.45, 2.75) is 51.8 Å². The van der Waals surface area contributed by atoms with E-state index < -0.39 is 10.0 Å². The van der Waals surface area contributed by atoms with Crippen LogP contribution in [0.1, 0.15) is 33.6 Å². The van der Waals surface area contributed by atoms with Gasteiger partial charge in [0.05, 0.1) is 18.5 Å². The second kappa shape index (κ2) is 6.68. The number of hydrogen-bond donors (Lipinski definition) is 2. The average Bonchev–Trinajstić information content (AvgIpc) is 2.20. The van der Waals surface area contributed by atoms with Gasteiger partial charge in [-0.25, -0.2) is 13.1 Å². The van der Waals surface area contributed by atoms with Crippen LogP contribution >= 0.6 is 0 Å². The lowest BCUT2D eigenvalue weighted by molar-refractivity contribution is 0.0911. The monoisotopic (exact) mass is 264 g/mol. The van der Waals surface area contributed by atoms with Gasteiger partial charge in [0, 0.05) is 12.1 Å². The molecule has 1 saturated heterocycles. The summed E-state index contributed by atoms with van der Waals surface area (Å²) >= 11 is 0. The molecule has 17 heavy (non-hydrogen) atoms. The Bertz CT molecular complexity index is 317. The van der Waals surface area contributed by atoms with E-state index in [0.29, 0.717) is 0 Å². The molecule has 0 aromatic heterocycles. The van der Waals surface area contributed by atoms with E-state index in [4.69, 9.17) is 4.74 Å². The molecule has 0 aliphatic carbocycles. The summed E-state index contributed by atoms with van der Waals surface area (Å²) in [7, 11) is -3.22. The number of hydrogen-bond acceptors (Lipinski definition) is 4. The van der Waals surface area contributed by atoms with Gasteiger partial charge in [0.2, 0.25) is 10.0 Å². The van der Waals surface area contributed by atoms with Crippen LogP contribution in [0, 0.1) is 0 Å². The number of nitrogens with one attached hydrogen (secondary N) is 2. The van der Waals surface area contributed by atoms with Gasteiger partial charge in [-0.1, -0.05) is 0 Å². The lowest BCUT2D eigenvalue weighted by Gasteiger charge is -2.30. The zero-order chi connectivity index (χ0) is 12.9. The van der Waals surface area contributed by atoms with Crippen LogP contribution in [-0.2, 0) is 14.8 Å². The molecule has 0 bridgehead atoms. The Morgan fingerprint density at radius 2 is 2.18 bits per heavy atom. The van der Waals surface area contributed by atoms with Crippen LogP contribution in [0.4, 0.5) is 0 Å². The zero-order valence-corrected chi connectivity index (χ0v) is 11.7. The number of sulfonamides is 1. The van der Waals surface area contributed by atoms with Gasteiger partial charge in [-0.3, -0.25) is 0 Å². The lowest BCUT2D eigenvalue weighted by Crippen LogP contribution is -2.52. The average molecular weight is 264 g/mol. The van der Waals surface area contributed by atoms with E-state index in [1.165, 1.54) is 0 Å². The Balaban J connectivity index is 2.37. The third-order valence-electron chi connectivity index (χ3n) is 2.90. The molecule has 102 valence electrons. The molecule has 1 heterocycles. The molecule has 0 saturated carbocycles. The fourth-order valence-electron chi connectivity index (χ4n) is 1.89. The molecule has 0 amide bonds. The van der Waals surface area contributed by atoms with E-state index in [1.54, 1.807) is 0 Å². The third kappa shape index (κ3) is 5.81. The van der Waals surface area contributed by atoms with Gasteiger partial charge >= 0.3 is 0 Å². The van der Waals surface area contributed by atoms with Gasteiger partial charge in [-0.15, -0.1) is 0 Å². The minimum absolute atomic E-state index is 0.00722. The van der Waals surface area contributed by atoms with Crippen LogP contribution in [0.3, 0.4) is 0 Å². The maximum Gasteiger partial charge on any atom is 0.214 e. The summed E-state index contributed by atoms with van der Waals surface area (Å²) < 4.78 is 31.6. The van der Waals surface area contributed by atoms with E-state index in [-0.39, 0.29) is 30.5 Å². The smallest absolute Gasteiger partial charge is 0.214 e. The standard InChI is InChI=1S/C11H24N2O3S/c1-9(2)16-7-8-17(14,15)13-11-5-4-6-12-10(11)3/h9-13H,4-8H2,1-3H3. The Morgan fingerprint density at radius 3 is 2.76 bits per heavy atom. The Morgan fingerprint density at radius 1 is 1.47 bits per heavy atom. The largest absolute Gasteiger partial charge is 0.378 e. The molecule has 1 rings (SSSR count). The third-order valence-corrected chi connectivity index (χ3v) is 4.26. The molecule has 0 aromatic carbocycles. The molecule has 5 nitrogen and oxygen atoms in total. The van der Waals surface area contributed by atoms with Crippen LogP contribution in [0.15, 0.2) is 0 Å². The molecule has 2 N–H and O–H groups in total. The van der Waals surface area contributed by atoms with E-state index in [1.807, 2.05) is 20.8 Å². The van der Waals surface area contributed by atoms with E-state index in [9.17, 15) is 8.42 Å². The van der Waals surface area contributed by atoms with Crippen molar-refractivity contribution in [2.75, 3.05) is 18.9 Å². The van der Waals surface area contributed by atoms with E-state index >= 15 is 0 Å². The lowest BCUT2D eigenvalue weighted by atomic mass is 10.0. The van der Waals surface area contributed by atoms with Crippen LogP contribution in [0.2, 0.25) is 0 Å². The second-order valence-electron chi connectivity index (χ2n) is 4.85. The zero-order valence-electron chi connectivity index (χ0n) is 10.9. The molecule has 6 heteroatoms. The number of piperidine rings is 1. The highest BCUT2D eigenvalue weighted by Crippen LogP contribution is 2.09. The normalized spacial score (nSPS) is 26.4. The van der Waals surface area contributed by atoms with Crippen LogP contribution < -0.4 is 10.0 Å². The fraction of sp³-hybridized carbons (Fsp3) is 1.00. The minimum Gasteiger partial charge on any atom is -0.378 e. The molecule has 2 atom stereocenters. The van der Waals surface area contributed by atoms with Crippen molar-refractivity contribution in [1.29, 1.82) is 0 Å². The number of rotatable bonds is 6. The van der Waals surface area contributed by atoms with Crippen molar-refractivity contribution < 1.29 is 13.2 Å². The molecule has 0 spiro atoms. The van der Waals surface area contributed by atoms with Crippen molar-refractivity contribution >= 4 is 10.0 Å². The van der Waals surface area contributed by atoms with E-state index in [0.717, 1.165) is 19.4 Å². The Hall–Kier alpha value is -0.170. The number of ether oxygens (including phenoxy) is 1. The van der Waals surface area contributed by atoms with Crippen LogP contribution in [-0.4, -0.2) is 45.5 Å². The SMILES string of the molecule is CC(C)OCCS(=O)(=O)NC1CCCNC1C. The molecular formula is C11H24N2O3S. The Kier molecular flexibility index (Phi) is 5.85. The van der Waals surface area contributed by atoms with Crippen molar-refractivity contribution in [3.8, 4) is 0 Å². The first-order chi connectivity index (χ1) is 7.91. The van der Waals surface area contributed by atoms with Gasteiger partial charge in [0.1, 0.15) is 0 Å². The predicted octanol–water partition coefficient (Wildman–Crippen LogP) is 0.471. The summed E-state index contributed by atoms with van der Waals surface area (Å²) in [6.45, 7) is 7.02. The summed E-state index contributed by atoms with van der Waals surface area (Å²) in [5.41, 5.74) is 0. The highest BCUT2D eigenvalue weighted by atomic mass is 32.2. The molecular weight excluding hydrogens is 240 g/mol. The first-order valence-corrected chi connectivity index (χ1v) is 7.91. The quantitative estimate of drug-likeness (QED) is 0.732. The summed E-state index contributed by atoms with van der Waals surface area (Å²) in [6.07, 6.45) is 1.99. The predicted molar refractivity (Wildman–Crippen MR) is 68.5 cm³/mol. The van der Waals surface area contributed by atoms with Crippen LogP contribution in [0.25, 0.3) is 0 Å². The summed E-state index contributed by atoms with van der Waals surface area (Å²) in [4.78, 5) is 0. The summed E-state index contributed by atoms with van der Waals surface area (Å²) in [6, 6.07) is 0.206. The second-order valence-corrected chi connectivity index (χ2v) is 6.72. The van der Waals surface area contributed by atoms with Crippen molar-refractivity contribution in [2.24, 2.45) is 0 Å². The summed E-state index contributed by atoms with van der Waals surface area (Å²) in [5, 5.41) is 3.27. The maximum atomic E-state index is 11.8. The molecule has 0 radical (unpaired) electrons. The van der Waals surface area contributed by atoms with Gasteiger partial charge < -0.3 is 10.1 Å². The molecule has 1 aliphatic heterocycles. The topological polar surface area (TPSA) is 67.4 Å². The first kappa shape index (κ1) is 14.9. The highest BCUT2D eigenvalue weighted by molar-refractivity contribution is 7.89. The maximum absolute atomic E-state index is 11.8. The van der Waals surface area contributed by atoms with Crippen LogP contribution in [0.5, 0.6) is 0 Å². The van der Waals surface area contributed by atoms with Gasteiger partial charge in [-0.05, 0) is 40.2 Å². The first-order valence-electron chi connectivity index (χ1n) is 6.26. The summed E-state index contributed by atoms with van der Waals surface area (Å²) in [5.74, 6) is 0.0361. The molecule has 1 fully saturated rings. The van der Waals surface area contributed by atoms with Crippen molar-refractivity contribution in [1.82, 2.24) is 10.0 Å². The fourth-order valence-corrected chi connectivity index (χ4v) is 3.10. The van der Waals surface area contributed by atoms with Crippen molar-refractivity contribution in [3.05, 3.63) is 0 Å². The highest BCUT2D eigenvalue weighted by Gasteiger charge is 2.25. The van der Waals surface area contributed by atoms with Crippen molar-refractivity contribution in [3.63, 3.8) is 0 Å².